The van der Waals surface area contributed by atoms with E-state index in [-0.39, 0.29) is 11.6 Å². The van der Waals surface area contributed by atoms with Crippen LogP contribution in [0.4, 0.5) is 10.1 Å². The molecule has 0 spiro atoms. The SMILES string of the molecule is CCN(Cc1cc(C)c(C(=O)O)o1)c1ccccc1F. The van der Waals surface area contributed by atoms with E-state index < -0.39 is 5.97 Å². The molecule has 2 aromatic rings. The van der Waals surface area contributed by atoms with Crippen LogP contribution in [0.2, 0.25) is 0 Å². The average Bonchev–Trinajstić information content (AvgIpc) is 2.78. The van der Waals surface area contributed by atoms with Crippen molar-refractivity contribution in [2.45, 2.75) is 20.4 Å². The van der Waals surface area contributed by atoms with Gasteiger partial charge < -0.3 is 14.4 Å². The van der Waals surface area contributed by atoms with Crippen LogP contribution in [0.5, 0.6) is 0 Å². The number of nitrogens with zero attached hydrogens (tertiary/aromatic N) is 1. The number of hydrogen-bond donors (Lipinski definition) is 1. The van der Waals surface area contributed by atoms with Crippen LogP contribution in [0.3, 0.4) is 0 Å². The molecule has 0 saturated heterocycles. The first kappa shape index (κ1) is 14.1. The molecule has 5 heteroatoms. The summed E-state index contributed by atoms with van der Waals surface area (Å²) in [5, 5.41) is 8.96. The zero-order valence-electron chi connectivity index (χ0n) is 11.4. The number of aryl methyl sites for hydroxylation is 1. The van der Waals surface area contributed by atoms with Crippen LogP contribution in [0.15, 0.2) is 34.7 Å². The number of aromatic carboxylic acids is 1. The molecule has 0 aliphatic heterocycles. The van der Waals surface area contributed by atoms with E-state index >= 15 is 0 Å². The van der Waals surface area contributed by atoms with Crippen molar-refractivity contribution in [2.24, 2.45) is 0 Å². The van der Waals surface area contributed by atoms with Gasteiger partial charge in [-0.05, 0) is 32.0 Å². The number of carboxylic acid groups (broad SMARTS) is 1. The number of hydrogen-bond acceptors (Lipinski definition) is 3. The Morgan fingerprint density at radius 3 is 2.65 bits per heavy atom. The van der Waals surface area contributed by atoms with Gasteiger partial charge in [0.1, 0.15) is 11.6 Å². The number of para-hydroxylation sites is 1. The first-order valence-electron chi connectivity index (χ1n) is 6.35. The van der Waals surface area contributed by atoms with E-state index in [4.69, 9.17) is 9.52 Å². The van der Waals surface area contributed by atoms with Crippen molar-refractivity contribution in [3.8, 4) is 0 Å². The van der Waals surface area contributed by atoms with Crippen LogP contribution in [-0.2, 0) is 6.54 Å². The molecule has 2 rings (SSSR count). The summed E-state index contributed by atoms with van der Waals surface area (Å²) < 4.78 is 19.1. The summed E-state index contributed by atoms with van der Waals surface area (Å²) >= 11 is 0. The Morgan fingerprint density at radius 1 is 1.40 bits per heavy atom. The lowest BCUT2D eigenvalue weighted by Crippen LogP contribution is -2.22. The highest BCUT2D eigenvalue weighted by atomic mass is 19.1. The summed E-state index contributed by atoms with van der Waals surface area (Å²) in [7, 11) is 0. The van der Waals surface area contributed by atoms with E-state index in [1.54, 1.807) is 36.1 Å². The Balaban J connectivity index is 2.25. The fraction of sp³-hybridized carbons (Fsp3) is 0.267. The topological polar surface area (TPSA) is 53.7 Å². The molecule has 0 radical (unpaired) electrons. The predicted molar refractivity (Wildman–Crippen MR) is 73.5 cm³/mol. The first-order valence-corrected chi connectivity index (χ1v) is 6.35. The highest BCUT2D eigenvalue weighted by molar-refractivity contribution is 5.86. The van der Waals surface area contributed by atoms with Crippen LogP contribution in [0, 0.1) is 12.7 Å². The van der Waals surface area contributed by atoms with Crippen molar-refractivity contribution in [1.29, 1.82) is 0 Å². The molecule has 0 fully saturated rings. The molecule has 0 amide bonds. The molecular formula is C15H16FNO3. The molecule has 20 heavy (non-hydrogen) atoms. The van der Waals surface area contributed by atoms with E-state index in [0.717, 1.165) is 0 Å². The Hall–Kier alpha value is -2.30. The summed E-state index contributed by atoms with van der Waals surface area (Å²) in [5.74, 6) is -0.964. The van der Waals surface area contributed by atoms with Gasteiger partial charge in [0.15, 0.2) is 0 Å². The summed E-state index contributed by atoms with van der Waals surface area (Å²) in [6.45, 7) is 4.49. The second-order valence-corrected chi connectivity index (χ2v) is 4.50. The maximum Gasteiger partial charge on any atom is 0.372 e. The first-order chi connectivity index (χ1) is 9.52. The van der Waals surface area contributed by atoms with Gasteiger partial charge in [-0.15, -0.1) is 0 Å². The molecule has 4 nitrogen and oxygen atoms in total. The minimum absolute atomic E-state index is 0.0652. The number of carbonyl (C=O) groups is 1. The fourth-order valence-corrected chi connectivity index (χ4v) is 2.10. The number of anilines is 1. The van der Waals surface area contributed by atoms with Crippen LogP contribution in [0.1, 0.15) is 28.8 Å². The summed E-state index contributed by atoms with van der Waals surface area (Å²) in [6.07, 6.45) is 0. The lowest BCUT2D eigenvalue weighted by atomic mass is 10.2. The molecule has 0 atom stereocenters. The van der Waals surface area contributed by atoms with Crippen molar-refractivity contribution >= 4 is 11.7 Å². The Kier molecular flexibility index (Phi) is 4.08. The van der Waals surface area contributed by atoms with Crippen LogP contribution in [0.25, 0.3) is 0 Å². The molecule has 0 aliphatic carbocycles. The van der Waals surface area contributed by atoms with Crippen molar-refractivity contribution in [1.82, 2.24) is 0 Å². The third-order valence-corrected chi connectivity index (χ3v) is 3.08. The molecule has 0 aliphatic rings. The summed E-state index contributed by atoms with van der Waals surface area (Å²) in [4.78, 5) is 12.7. The minimum atomic E-state index is -1.09. The molecule has 0 unspecified atom stereocenters. The molecule has 1 heterocycles. The highest BCUT2D eigenvalue weighted by Crippen LogP contribution is 2.23. The third-order valence-electron chi connectivity index (χ3n) is 3.08. The van der Waals surface area contributed by atoms with Crippen molar-refractivity contribution in [3.05, 3.63) is 53.2 Å². The zero-order valence-corrected chi connectivity index (χ0v) is 11.4. The lowest BCUT2D eigenvalue weighted by molar-refractivity contribution is 0.0659. The quantitative estimate of drug-likeness (QED) is 0.909. The standard InChI is InChI=1S/C15H16FNO3/c1-3-17(13-7-5-4-6-12(13)16)9-11-8-10(2)14(20-11)15(18)19/h4-8H,3,9H2,1-2H3,(H,18,19). The van der Waals surface area contributed by atoms with Gasteiger partial charge in [0.05, 0.1) is 12.2 Å². The Labute approximate surface area is 116 Å². The van der Waals surface area contributed by atoms with E-state index in [2.05, 4.69) is 0 Å². The molecule has 1 aromatic carbocycles. The second-order valence-electron chi connectivity index (χ2n) is 4.50. The summed E-state index contributed by atoms with van der Waals surface area (Å²) in [6, 6.07) is 8.15. The van der Waals surface area contributed by atoms with Crippen LogP contribution < -0.4 is 4.90 Å². The maximum absolute atomic E-state index is 13.8. The number of halogens is 1. The maximum atomic E-state index is 13.8. The zero-order chi connectivity index (χ0) is 14.7. The van der Waals surface area contributed by atoms with Gasteiger partial charge in [-0.2, -0.15) is 0 Å². The van der Waals surface area contributed by atoms with Gasteiger partial charge in [-0.1, -0.05) is 12.1 Å². The van der Waals surface area contributed by atoms with Gasteiger partial charge in [0, 0.05) is 12.1 Å². The molecule has 106 valence electrons. The van der Waals surface area contributed by atoms with E-state index in [1.807, 2.05) is 6.92 Å². The smallest absolute Gasteiger partial charge is 0.372 e. The fourth-order valence-electron chi connectivity index (χ4n) is 2.10. The molecule has 1 N–H and O–H groups in total. The van der Waals surface area contributed by atoms with E-state index in [1.165, 1.54) is 6.07 Å². The van der Waals surface area contributed by atoms with Crippen molar-refractivity contribution in [3.63, 3.8) is 0 Å². The van der Waals surface area contributed by atoms with Crippen molar-refractivity contribution in [2.75, 3.05) is 11.4 Å². The predicted octanol–water partition coefficient (Wildman–Crippen LogP) is 3.45. The molecular weight excluding hydrogens is 261 g/mol. The van der Waals surface area contributed by atoms with E-state index in [9.17, 15) is 9.18 Å². The number of rotatable bonds is 5. The van der Waals surface area contributed by atoms with Crippen LogP contribution >= 0.6 is 0 Å². The normalized spacial score (nSPS) is 10.6. The minimum Gasteiger partial charge on any atom is -0.475 e. The Bertz CT molecular complexity index is 621. The summed E-state index contributed by atoms with van der Waals surface area (Å²) in [5.41, 5.74) is 1.04. The number of carboxylic acids is 1. The van der Waals surface area contributed by atoms with Gasteiger partial charge >= 0.3 is 5.97 Å². The molecule has 0 saturated carbocycles. The second kappa shape index (κ2) is 5.77. The molecule has 0 bridgehead atoms. The van der Waals surface area contributed by atoms with Gasteiger partial charge in [0.2, 0.25) is 5.76 Å². The van der Waals surface area contributed by atoms with Crippen LogP contribution in [-0.4, -0.2) is 17.6 Å². The highest BCUT2D eigenvalue weighted by Gasteiger charge is 2.17. The average molecular weight is 277 g/mol. The largest absolute Gasteiger partial charge is 0.475 e. The number of benzene rings is 1. The Morgan fingerprint density at radius 2 is 2.10 bits per heavy atom. The van der Waals surface area contributed by atoms with Gasteiger partial charge in [0.25, 0.3) is 0 Å². The lowest BCUT2D eigenvalue weighted by Gasteiger charge is -2.22. The monoisotopic (exact) mass is 277 g/mol. The molecule has 1 aromatic heterocycles. The van der Waals surface area contributed by atoms with Gasteiger partial charge in [-0.3, -0.25) is 0 Å². The van der Waals surface area contributed by atoms with Crippen molar-refractivity contribution < 1.29 is 18.7 Å². The van der Waals surface area contributed by atoms with Gasteiger partial charge in [-0.25, -0.2) is 9.18 Å². The third kappa shape index (κ3) is 2.82. The number of furan rings is 1. The van der Waals surface area contributed by atoms with E-state index in [0.29, 0.717) is 30.1 Å².